The number of nitrogens with zero attached hydrogens (tertiary/aromatic N) is 1. The summed E-state index contributed by atoms with van der Waals surface area (Å²) in [5, 5.41) is 16.9. The molecule has 0 aliphatic carbocycles. The van der Waals surface area contributed by atoms with Crippen LogP contribution in [0, 0.1) is 5.92 Å². The fourth-order valence-corrected chi connectivity index (χ4v) is 3.73. The molecule has 7 heteroatoms. The molecule has 0 aromatic rings. The normalized spacial score (nSPS) is 22.8. The van der Waals surface area contributed by atoms with Gasteiger partial charge in [-0.15, -0.1) is 24.0 Å². The quantitative estimate of drug-likeness (QED) is 0.281. The van der Waals surface area contributed by atoms with E-state index in [4.69, 9.17) is 4.74 Å². The molecule has 0 spiro atoms. The molecule has 0 amide bonds. The van der Waals surface area contributed by atoms with Gasteiger partial charge in [0.05, 0.1) is 18.2 Å². The number of thioether (sulfide) groups is 1. The third-order valence-corrected chi connectivity index (χ3v) is 5.04. The van der Waals surface area contributed by atoms with Gasteiger partial charge < -0.3 is 20.5 Å². The summed E-state index contributed by atoms with van der Waals surface area (Å²) in [6.45, 7) is 11.3. The van der Waals surface area contributed by atoms with Crippen molar-refractivity contribution in [2.75, 3.05) is 37.7 Å². The Balaban J connectivity index is 0.00000484. The number of hydrogen-bond acceptors (Lipinski definition) is 4. The molecular formula is C16H34IN3O2S. The van der Waals surface area contributed by atoms with E-state index in [-0.39, 0.29) is 30.1 Å². The SMILES string of the molecule is CCNC(=NCC1(O)CCSC1)NCCC(OCC)C(C)C.I. The number of guanidine groups is 1. The molecule has 1 fully saturated rings. The third-order valence-electron chi connectivity index (χ3n) is 3.80. The van der Waals surface area contributed by atoms with Crippen LogP contribution in [-0.2, 0) is 4.74 Å². The van der Waals surface area contributed by atoms with Crippen molar-refractivity contribution < 1.29 is 9.84 Å². The second kappa shape index (κ2) is 12.6. The monoisotopic (exact) mass is 459 g/mol. The lowest BCUT2D eigenvalue weighted by atomic mass is 10.0. The molecule has 0 aromatic carbocycles. The molecule has 1 aliphatic heterocycles. The summed E-state index contributed by atoms with van der Waals surface area (Å²) in [6, 6.07) is 0. The van der Waals surface area contributed by atoms with Crippen molar-refractivity contribution in [1.29, 1.82) is 0 Å². The predicted molar refractivity (Wildman–Crippen MR) is 111 cm³/mol. The second-order valence-corrected chi connectivity index (χ2v) is 7.28. The van der Waals surface area contributed by atoms with E-state index in [9.17, 15) is 5.11 Å². The van der Waals surface area contributed by atoms with Crippen LogP contribution < -0.4 is 10.6 Å². The number of halogens is 1. The Bertz CT molecular complexity index is 337. The maximum absolute atomic E-state index is 10.4. The molecule has 138 valence electrons. The number of ether oxygens (including phenoxy) is 1. The van der Waals surface area contributed by atoms with Gasteiger partial charge in [-0.1, -0.05) is 13.8 Å². The van der Waals surface area contributed by atoms with E-state index in [0.29, 0.717) is 12.5 Å². The van der Waals surface area contributed by atoms with Crippen LogP contribution >= 0.6 is 35.7 Å². The van der Waals surface area contributed by atoms with Crippen molar-refractivity contribution in [1.82, 2.24) is 10.6 Å². The number of hydrogen-bond donors (Lipinski definition) is 3. The number of aliphatic hydroxyl groups is 1. The highest BCUT2D eigenvalue weighted by molar-refractivity contribution is 14.0. The molecule has 2 unspecified atom stereocenters. The van der Waals surface area contributed by atoms with Gasteiger partial charge in [-0.2, -0.15) is 11.8 Å². The van der Waals surface area contributed by atoms with Crippen LogP contribution in [0.2, 0.25) is 0 Å². The highest BCUT2D eigenvalue weighted by Gasteiger charge is 2.31. The average Bonchev–Trinajstić information content (AvgIpc) is 2.91. The largest absolute Gasteiger partial charge is 0.387 e. The lowest BCUT2D eigenvalue weighted by Crippen LogP contribution is -2.41. The fourth-order valence-electron chi connectivity index (χ4n) is 2.45. The van der Waals surface area contributed by atoms with Crippen LogP contribution in [0.3, 0.4) is 0 Å². The van der Waals surface area contributed by atoms with Gasteiger partial charge in [0.15, 0.2) is 5.96 Å². The second-order valence-electron chi connectivity index (χ2n) is 6.18. The van der Waals surface area contributed by atoms with Crippen molar-refractivity contribution in [2.24, 2.45) is 10.9 Å². The van der Waals surface area contributed by atoms with Crippen LogP contribution in [-0.4, -0.2) is 60.5 Å². The molecule has 1 saturated heterocycles. The van der Waals surface area contributed by atoms with E-state index in [1.807, 2.05) is 6.92 Å². The van der Waals surface area contributed by atoms with E-state index >= 15 is 0 Å². The maximum atomic E-state index is 10.4. The van der Waals surface area contributed by atoms with E-state index < -0.39 is 5.60 Å². The van der Waals surface area contributed by atoms with E-state index in [1.54, 1.807) is 11.8 Å². The molecular weight excluding hydrogens is 425 g/mol. The summed E-state index contributed by atoms with van der Waals surface area (Å²) in [7, 11) is 0. The zero-order chi connectivity index (χ0) is 16.4. The molecule has 0 aromatic heterocycles. The van der Waals surface area contributed by atoms with Crippen molar-refractivity contribution in [3.8, 4) is 0 Å². The van der Waals surface area contributed by atoms with E-state index in [1.165, 1.54) is 0 Å². The highest BCUT2D eigenvalue weighted by Crippen LogP contribution is 2.27. The van der Waals surface area contributed by atoms with E-state index in [0.717, 1.165) is 50.0 Å². The third kappa shape index (κ3) is 9.36. The smallest absolute Gasteiger partial charge is 0.191 e. The first-order valence-corrected chi connectivity index (χ1v) is 9.60. The molecule has 1 rings (SSSR count). The number of rotatable bonds is 9. The summed E-state index contributed by atoms with van der Waals surface area (Å²) >= 11 is 1.80. The molecule has 23 heavy (non-hydrogen) atoms. The Morgan fingerprint density at radius 2 is 2.09 bits per heavy atom. The zero-order valence-electron chi connectivity index (χ0n) is 14.9. The van der Waals surface area contributed by atoms with Gasteiger partial charge >= 0.3 is 0 Å². The summed E-state index contributed by atoms with van der Waals surface area (Å²) in [5.41, 5.74) is -0.626. The number of nitrogens with one attached hydrogen (secondary N) is 2. The summed E-state index contributed by atoms with van der Waals surface area (Å²) in [5.74, 6) is 3.11. The minimum atomic E-state index is -0.626. The Hall–Kier alpha value is 0.270. The number of aliphatic imine (C=N–C) groups is 1. The molecule has 3 N–H and O–H groups in total. The molecule has 0 bridgehead atoms. The Morgan fingerprint density at radius 1 is 1.35 bits per heavy atom. The zero-order valence-corrected chi connectivity index (χ0v) is 18.1. The van der Waals surface area contributed by atoms with Crippen LogP contribution in [0.25, 0.3) is 0 Å². The summed E-state index contributed by atoms with van der Waals surface area (Å²) in [4.78, 5) is 4.55. The van der Waals surface area contributed by atoms with Gasteiger partial charge in [0.2, 0.25) is 0 Å². The predicted octanol–water partition coefficient (Wildman–Crippen LogP) is 2.48. The van der Waals surface area contributed by atoms with E-state index in [2.05, 4.69) is 36.4 Å². The Morgan fingerprint density at radius 3 is 2.61 bits per heavy atom. The van der Waals surface area contributed by atoms with Crippen molar-refractivity contribution in [2.45, 2.75) is 52.2 Å². The Kier molecular flexibility index (Phi) is 12.8. The minimum Gasteiger partial charge on any atom is -0.387 e. The van der Waals surface area contributed by atoms with Gasteiger partial charge in [-0.05, 0) is 38.4 Å². The molecule has 2 atom stereocenters. The molecule has 5 nitrogen and oxygen atoms in total. The van der Waals surface area contributed by atoms with Crippen LogP contribution in [0.4, 0.5) is 0 Å². The lowest BCUT2D eigenvalue weighted by molar-refractivity contribution is 0.0258. The maximum Gasteiger partial charge on any atom is 0.191 e. The van der Waals surface area contributed by atoms with Crippen LogP contribution in [0.5, 0.6) is 0 Å². The molecule has 0 radical (unpaired) electrons. The first kappa shape index (κ1) is 23.3. The highest BCUT2D eigenvalue weighted by atomic mass is 127. The topological polar surface area (TPSA) is 65.9 Å². The first-order chi connectivity index (χ1) is 10.5. The van der Waals surface area contributed by atoms with Gasteiger partial charge in [0.25, 0.3) is 0 Å². The summed E-state index contributed by atoms with van der Waals surface area (Å²) < 4.78 is 5.76. The summed E-state index contributed by atoms with van der Waals surface area (Å²) in [6.07, 6.45) is 2.06. The molecule has 1 aliphatic rings. The first-order valence-electron chi connectivity index (χ1n) is 8.44. The standard InChI is InChI=1S/C16H33N3O2S.HI/c1-5-17-15(19-11-16(20)8-10-22-12-16)18-9-7-14(13(3)4)21-6-2;/h13-14,20H,5-12H2,1-4H3,(H2,17,18,19);1H. The van der Waals surface area contributed by atoms with Crippen molar-refractivity contribution in [3.63, 3.8) is 0 Å². The van der Waals surface area contributed by atoms with Crippen LogP contribution in [0.1, 0.15) is 40.5 Å². The molecule has 1 heterocycles. The van der Waals surface area contributed by atoms with Crippen LogP contribution in [0.15, 0.2) is 4.99 Å². The fraction of sp³-hybridized carbons (Fsp3) is 0.938. The van der Waals surface area contributed by atoms with Gasteiger partial charge in [-0.25, -0.2) is 0 Å². The lowest BCUT2D eigenvalue weighted by Gasteiger charge is -2.22. The Labute approximate surface area is 162 Å². The molecule has 0 saturated carbocycles. The van der Waals surface area contributed by atoms with Gasteiger partial charge in [0.1, 0.15) is 0 Å². The van der Waals surface area contributed by atoms with Crippen molar-refractivity contribution in [3.05, 3.63) is 0 Å². The van der Waals surface area contributed by atoms with Gasteiger partial charge in [-0.3, -0.25) is 4.99 Å². The average molecular weight is 459 g/mol. The van der Waals surface area contributed by atoms with Crippen molar-refractivity contribution >= 4 is 41.7 Å². The van der Waals surface area contributed by atoms with Gasteiger partial charge in [0, 0.05) is 25.4 Å². The minimum absolute atomic E-state index is 0.